The van der Waals surface area contributed by atoms with Gasteiger partial charge in [-0.25, -0.2) is 4.98 Å². The number of hydrogen-bond acceptors (Lipinski definition) is 2. The van der Waals surface area contributed by atoms with Crippen LogP contribution in [0.3, 0.4) is 0 Å². The van der Waals surface area contributed by atoms with Crippen LogP contribution in [0.15, 0.2) is 15.3 Å². The normalized spacial score (nSPS) is 16.5. The molecule has 0 radical (unpaired) electrons. The van der Waals surface area contributed by atoms with E-state index in [4.69, 9.17) is 5.73 Å². The van der Waals surface area contributed by atoms with Gasteiger partial charge >= 0.3 is 0 Å². The molecule has 64 valence electrons. The molecule has 2 rings (SSSR count). The van der Waals surface area contributed by atoms with Crippen LogP contribution in [-0.2, 0) is 0 Å². The molecule has 4 heteroatoms. The maximum Gasteiger partial charge on any atom is 0.130 e. The molecular weight excluding hydrogens is 284 g/mol. The van der Waals surface area contributed by atoms with Crippen LogP contribution in [0.1, 0.15) is 24.3 Å². The zero-order chi connectivity index (χ0) is 8.72. The zero-order valence-corrected chi connectivity index (χ0v) is 9.52. The molecule has 2 N–H and O–H groups in total. The molecule has 1 aromatic rings. The van der Waals surface area contributed by atoms with E-state index in [1.54, 1.807) is 0 Å². The topological polar surface area (TPSA) is 38.9 Å². The van der Waals surface area contributed by atoms with E-state index in [1.165, 1.54) is 18.4 Å². The van der Waals surface area contributed by atoms with E-state index in [2.05, 4.69) is 36.8 Å². The fraction of sp³-hybridized carbons (Fsp3) is 0.375. The van der Waals surface area contributed by atoms with E-state index in [1.807, 2.05) is 6.07 Å². The van der Waals surface area contributed by atoms with Gasteiger partial charge in [0.2, 0.25) is 0 Å². The molecule has 2 nitrogen and oxygen atoms in total. The maximum absolute atomic E-state index is 5.86. The first-order valence-corrected chi connectivity index (χ1v) is 5.38. The summed E-state index contributed by atoms with van der Waals surface area (Å²) in [7, 11) is 0. The molecule has 0 bridgehead atoms. The van der Waals surface area contributed by atoms with Gasteiger partial charge in [-0.3, -0.25) is 0 Å². The number of halogens is 2. The first kappa shape index (κ1) is 8.51. The van der Waals surface area contributed by atoms with Gasteiger partial charge in [0.05, 0.1) is 5.69 Å². The van der Waals surface area contributed by atoms with Crippen molar-refractivity contribution in [3.8, 4) is 0 Å². The van der Waals surface area contributed by atoms with Gasteiger partial charge in [-0.15, -0.1) is 0 Å². The lowest BCUT2D eigenvalue weighted by atomic mass is 10.1. The summed E-state index contributed by atoms with van der Waals surface area (Å²) in [6.45, 7) is 0. The van der Waals surface area contributed by atoms with Crippen LogP contribution in [0, 0.1) is 0 Å². The summed E-state index contributed by atoms with van der Waals surface area (Å²) in [5.74, 6) is 0.667. The molecule has 0 aliphatic heterocycles. The van der Waals surface area contributed by atoms with Crippen LogP contribution in [0.5, 0.6) is 0 Å². The average Bonchev–Trinajstić information content (AvgIpc) is 2.79. The van der Waals surface area contributed by atoms with Crippen LogP contribution in [0.25, 0.3) is 0 Å². The predicted molar refractivity (Wildman–Crippen MR) is 56.0 cm³/mol. The highest BCUT2D eigenvalue weighted by Gasteiger charge is 2.26. The monoisotopic (exact) mass is 290 g/mol. The summed E-state index contributed by atoms with van der Waals surface area (Å²) in [6.07, 6.45) is 2.51. The molecule has 0 amide bonds. The third-order valence-corrected chi connectivity index (χ3v) is 3.04. The van der Waals surface area contributed by atoms with E-state index >= 15 is 0 Å². The van der Waals surface area contributed by atoms with Crippen LogP contribution in [0.2, 0.25) is 0 Å². The van der Waals surface area contributed by atoms with Crippen molar-refractivity contribution in [1.82, 2.24) is 4.98 Å². The van der Waals surface area contributed by atoms with Gasteiger partial charge in [0.1, 0.15) is 9.21 Å². The summed E-state index contributed by atoms with van der Waals surface area (Å²) in [5.41, 5.74) is 7.88. The SMILES string of the molecule is Nc1c(C2CC2)cc(Br)nc1Br. The second kappa shape index (κ2) is 3.00. The lowest BCUT2D eigenvalue weighted by Gasteiger charge is -2.05. The Kier molecular flexibility index (Phi) is 2.12. The molecule has 1 aliphatic rings. The second-order valence-corrected chi connectivity index (χ2v) is 4.58. The summed E-state index contributed by atoms with van der Waals surface area (Å²) in [6, 6.07) is 2.01. The van der Waals surface area contributed by atoms with Crippen LogP contribution in [0.4, 0.5) is 5.69 Å². The highest BCUT2D eigenvalue weighted by atomic mass is 79.9. The Hall–Kier alpha value is -0.0900. The van der Waals surface area contributed by atoms with Crippen LogP contribution < -0.4 is 5.73 Å². The fourth-order valence-corrected chi connectivity index (χ4v) is 2.33. The Balaban J connectivity index is 2.51. The highest BCUT2D eigenvalue weighted by molar-refractivity contribution is 9.11. The van der Waals surface area contributed by atoms with Gasteiger partial charge in [0.25, 0.3) is 0 Å². The molecule has 0 atom stereocenters. The van der Waals surface area contributed by atoms with Crippen molar-refractivity contribution in [2.24, 2.45) is 0 Å². The van der Waals surface area contributed by atoms with Crippen molar-refractivity contribution in [1.29, 1.82) is 0 Å². The largest absolute Gasteiger partial charge is 0.396 e. The van der Waals surface area contributed by atoms with Gasteiger partial charge in [0, 0.05) is 0 Å². The number of nitrogens with two attached hydrogens (primary N) is 1. The third kappa shape index (κ3) is 1.50. The molecule has 1 saturated carbocycles. The van der Waals surface area contributed by atoms with Gasteiger partial charge in [-0.05, 0) is 62.2 Å². The average molecular weight is 292 g/mol. The quantitative estimate of drug-likeness (QED) is 0.808. The van der Waals surface area contributed by atoms with Gasteiger partial charge < -0.3 is 5.73 Å². The first-order chi connectivity index (χ1) is 5.68. The standard InChI is InChI=1S/C8H8Br2N2/c9-6-3-5(4-1-2-4)7(11)8(10)12-6/h3-4H,1-2,11H2. The summed E-state index contributed by atoms with van der Waals surface area (Å²) in [4.78, 5) is 4.15. The van der Waals surface area contributed by atoms with Crippen LogP contribution in [-0.4, -0.2) is 4.98 Å². The molecule has 0 aromatic carbocycles. The highest BCUT2D eigenvalue weighted by Crippen LogP contribution is 2.44. The van der Waals surface area contributed by atoms with Crippen molar-refractivity contribution >= 4 is 37.5 Å². The molecular formula is C8H8Br2N2. The first-order valence-electron chi connectivity index (χ1n) is 3.80. The Labute approximate surface area is 87.8 Å². The smallest absolute Gasteiger partial charge is 0.130 e. The molecule has 1 fully saturated rings. The second-order valence-electron chi connectivity index (χ2n) is 3.01. The molecule has 12 heavy (non-hydrogen) atoms. The summed E-state index contributed by atoms with van der Waals surface area (Å²) in [5, 5.41) is 0. The molecule has 0 unspecified atom stereocenters. The molecule has 1 aromatic heterocycles. The minimum absolute atomic E-state index is 0.667. The predicted octanol–water partition coefficient (Wildman–Crippen LogP) is 3.07. The molecule has 1 heterocycles. The van der Waals surface area contributed by atoms with E-state index in [-0.39, 0.29) is 0 Å². The van der Waals surface area contributed by atoms with Gasteiger partial charge in [-0.2, -0.15) is 0 Å². The summed E-state index contributed by atoms with van der Waals surface area (Å²) >= 11 is 6.67. The van der Waals surface area contributed by atoms with E-state index in [0.29, 0.717) is 5.92 Å². The van der Waals surface area contributed by atoms with E-state index < -0.39 is 0 Å². The van der Waals surface area contributed by atoms with Gasteiger partial charge in [0.15, 0.2) is 0 Å². The molecule has 0 spiro atoms. The number of aromatic nitrogens is 1. The minimum atomic E-state index is 0.667. The number of rotatable bonds is 1. The van der Waals surface area contributed by atoms with Crippen molar-refractivity contribution in [3.05, 3.63) is 20.8 Å². The van der Waals surface area contributed by atoms with E-state index in [9.17, 15) is 0 Å². The maximum atomic E-state index is 5.86. The lowest BCUT2D eigenvalue weighted by molar-refractivity contribution is 1.09. The Morgan fingerprint density at radius 3 is 2.67 bits per heavy atom. The van der Waals surface area contributed by atoms with E-state index in [0.717, 1.165) is 14.9 Å². The van der Waals surface area contributed by atoms with Gasteiger partial charge in [-0.1, -0.05) is 0 Å². The van der Waals surface area contributed by atoms with Crippen LogP contribution >= 0.6 is 31.9 Å². The minimum Gasteiger partial charge on any atom is -0.396 e. The van der Waals surface area contributed by atoms with Crippen molar-refractivity contribution in [2.75, 3.05) is 5.73 Å². The molecule has 1 aliphatic carbocycles. The lowest BCUT2D eigenvalue weighted by Crippen LogP contribution is -1.96. The third-order valence-electron chi connectivity index (χ3n) is 2.03. The Bertz CT molecular complexity index is 321. The number of hydrogen-bond donors (Lipinski definition) is 1. The summed E-state index contributed by atoms with van der Waals surface area (Å²) < 4.78 is 1.60. The Morgan fingerprint density at radius 1 is 1.42 bits per heavy atom. The number of nitrogen functional groups attached to an aromatic ring is 1. The fourth-order valence-electron chi connectivity index (χ4n) is 1.24. The van der Waals surface area contributed by atoms with Crippen molar-refractivity contribution in [2.45, 2.75) is 18.8 Å². The number of nitrogens with zero attached hydrogens (tertiary/aromatic N) is 1. The van der Waals surface area contributed by atoms with Crippen molar-refractivity contribution < 1.29 is 0 Å². The Morgan fingerprint density at radius 2 is 2.08 bits per heavy atom. The zero-order valence-electron chi connectivity index (χ0n) is 6.35. The molecule has 0 saturated heterocycles. The number of pyridine rings is 1. The van der Waals surface area contributed by atoms with Crippen molar-refractivity contribution in [3.63, 3.8) is 0 Å². The number of anilines is 1.